The van der Waals surface area contributed by atoms with Gasteiger partial charge in [-0.3, -0.25) is 9.52 Å². The fourth-order valence-electron chi connectivity index (χ4n) is 3.16. The molecule has 1 heterocycles. The van der Waals surface area contributed by atoms with Crippen molar-refractivity contribution in [3.05, 3.63) is 101 Å². The van der Waals surface area contributed by atoms with Gasteiger partial charge in [0.1, 0.15) is 15.5 Å². The van der Waals surface area contributed by atoms with Crippen molar-refractivity contribution >= 4 is 38.8 Å². The van der Waals surface area contributed by atoms with Gasteiger partial charge in [-0.1, -0.05) is 60.7 Å². The highest BCUT2D eigenvalue weighted by molar-refractivity contribution is 7.94. The van der Waals surface area contributed by atoms with Crippen LogP contribution >= 0.6 is 11.3 Å². The first kappa shape index (κ1) is 23.2. The van der Waals surface area contributed by atoms with Gasteiger partial charge in [0, 0.05) is 11.3 Å². The number of hydrogen-bond donors (Lipinski definition) is 2. The Balaban J connectivity index is 1.41. The summed E-state index contributed by atoms with van der Waals surface area (Å²) in [6.07, 6.45) is 0. The van der Waals surface area contributed by atoms with Crippen LogP contribution in [0.25, 0.3) is 11.1 Å². The Kier molecular flexibility index (Phi) is 6.76. The quantitative estimate of drug-likeness (QED) is 0.204. The highest BCUT2D eigenvalue weighted by Gasteiger charge is 2.19. The number of ether oxygens (including phenoxy) is 1. The minimum atomic E-state index is -3.83. The van der Waals surface area contributed by atoms with E-state index in [9.17, 15) is 23.1 Å². The highest BCUT2D eigenvalue weighted by atomic mass is 32.2. The number of thiophene rings is 1. The molecule has 2 N–H and O–H groups in total. The maximum atomic E-state index is 12.5. The molecule has 0 unspecified atom stereocenters. The third-order valence-electron chi connectivity index (χ3n) is 4.88. The average molecular weight is 494 g/mol. The summed E-state index contributed by atoms with van der Waals surface area (Å²) in [4.78, 5) is 24.9. The van der Waals surface area contributed by atoms with Crippen molar-refractivity contribution in [2.45, 2.75) is 4.21 Å². The lowest BCUT2D eigenvalue weighted by Crippen LogP contribution is -2.15. The molecule has 172 valence electrons. The van der Waals surface area contributed by atoms with Gasteiger partial charge >= 0.3 is 5.97 Å². The van der Waals surface area contributed by atoms with E-state index in [-0.39, 0.29) is 15.5 Å². The zero-order valence-corrected chi connectivity index (χ0v) is 19.3. The number of anilines is 1. The van der Waals surface area contributed by atoms with E-state index in [1.807, 2.05) is 30.3 Å². The summed E-state index contributed by atoms with van der Waals surface area (Å²) < 4.78 is 32.3. The normalized spacial score (nSPS) is 11.1. The predicted octanol–water partition coefficient (Wildman–Crippen LogP) is 4.96. The van der Waals surface area contributed by atoms with Crippen LogP contribution in [0.1, 0.15) is 20.7 Å². The van der Waals surface area contributed by atoms with E-state index < -0.39 is 34.1 Å². The van der Waals surface area contributed by atoms with Crippen LogP contribution in [-0.4, -0.2) is 31.9 Å². The van der Waals surface area contributed by atoms with Gasteiger partial charge in [0.15, 0.2) is 12.4 Å². The number of benzene rings is 3. The van der Waals surface area contributed by atoms with E-state index in [4.69, 9.17) is 4.74 Å². The standard InChI is InChI=1S/C25H19NO6S2/c27-22-13-12-20(26-34(30,31)24-7-4-14-33-24)15-21(22)25(29)32-16-23(28)19-10-8-18(9-11-19)17-5-2-1-3-6-17/h1-15,26-27H,16H2. The molecule has 0 amide bonds. The molecule has 0 radical (unpaired) electrons. The van der Waals surface area contributed by atoms with Crippen molar-refractivity contribution in [1.82, 2.24) is 0 Å². The number of sulfonamides is 1. The second kappa shape index (κ2) is 9.90. The SMILES string of the molecule is O=C(COC(=O)c1cc(NS(=O)(=O)c2cccs2)ccc1O)c1ccc(-c2ccccc2)cc1. The molecule has 7 nitrogen and oxygen atoms in total. The number of Topliss-reactive ketones (excluding diaryl/α,β-unsaturated/α-hetero) is 1. The molecule has 0 fully saturated rings. The molecular formula is C25H19NO6S2. The number of carbonyl (C=O) groups is 2. The van der Waals surface area contributed by atoms with Crippen molar-refractivity contribution in [3.8, 4) is 16.9 Å². The molecule has 0 aliphatic carbocycles. The Morgan fingerprint density at radius 3 is 2.26 bits per heavy atom. The van der Waals surface area contributed by atoms with Gasteiger partial charge in [0.05, 0.1) is 0 Å². The first-order valence-electron chi connectivity index (χ1n) is 10.1. The lowest BCUT2D eigenvalue weighted by atomic mass is 10.0. The van der Waals surface area contributed by atoms with Gasteiger partial charge in [0.2, 0.25) is 0 Å². The lowest BCUT2D eigenvalue weighted by molar-refractivity contribution is 0.0472. The van der Waals surface area contributed by atoms with Crippen LogP contribution < -0.4 is 4.72 Å². The summed E-state index contributed by atoms with van der Waals surface area (Å²) in [6, 6.07) is 23.3. The first-order valence-corrected chi connectivity index (χ1v) is 12.4. The zero-order valence-electron chi connectivity index (χ0n) is 17.7. The topological polar surface area (TPSA) is 110 Å². The van der Waals surface area contributed by atoms with Gasteiger partial charge in [-0.2, -0.15) is 0 Å². The van der Waals surface area contributed by atoms with Crippen LogP contribution in [0.5, 0.6) is 5.75 Å². The molecule has 34 heavy (non-hydrogen) atoms. The minimum absolute atomic E-state index is 0.0703. The number of hydrogen-bond acceptors (Lipinski definition) is 7. The van der Waals surface area contributed by atoms with Crippen molar-refractivity contribution in [1.29, 1.82) is 0 Å². The fraction of sp³-hybridized carbons (Fsp3) is 0.0400. The maximum absolute atomic E-state index is 12.5. The van der Waals surface area contributed by atoms with Crippen LogP contribution in [0.15, 0.2) is 94.5 Å². The number of phenolic OH excluding ortho intramolecular Hbond substituents is 1. The molecule has 0 aliphatic rings. The number of phenols is 1. The molecule has 4 rings (SSSR count). The number of carbonyl (C=O) groups excluding carboxylic acids is 2. The average Bonchev–Trinajstić information content (AvgIpc) is 3.40. The molecule has 0 bridgehead atoms. The van der Waals surface area contributed by atoms with Crippen molar-refractivity contribution in [2.24, 2.45) is 0 Å². The van der Waals surface area contributed by atoms with E-state index in [2.05, 4.69) is 4.72 Å². The van der Waals surface area contributed by atoms with E-state index in [0.717, 1.165) is 28.5 Å². The van der Waals surface area contributed by atoms with Gasteiger partial charge in [-0.15, -0.1) is 11.3 Å². The van der Waals surface area contributed by atoms with Crippen molar-refractivity contribution in [2.75, 3.05) is 11.3 Å². The summed E-state index contributed by atoms with van der Waals surface area (Å²) >= 11 is 1.04. The second-order valence-corrected chi connectivity index (χ2v) is 10.1. The van der Waals surface area contributed by atoms with Gasteiger partial charge < -0.3 is 9.84 Å². The van der Waals surface area contributed by atoms with Crippen LogP contribution in [0.3, 0.4) is 0 Å². The molecule has 9 heteroatoms. The van der Waals surface area contributed by atoms with Crippen LogP contribution in [-0.2, 0) is 14.8 Å². The van der Waals surface area contributed by atoms with E-state index in [1.165, 1.54) is 18.2 Å². The molecule has 0 atom stereocenters. The monoisotopic (exact) mass is 493 g/mol. The van der Waals surface area contributed by atoms with Gasteiger partial charge in [-0.05, 0) is 40.8 Å². The lowest BCUT2D eigenvalue weighted by Gasteiger charge is -2.10. The molecule has 0 saturated heterocycles. The maximum Gasteiger partial charge on any atom is 0.342 e. The molecule has 0 spiro atoms. The van der Waals surface area contributed by atoms with Crippen molar-refractivity contribution < 1.29 is 27.9 Å². The molecule has 0 saturated carbocycles. The van der Waals surface area contributed by atoms with Gasteiger partial charge in [0.25, 0.3) is 10.0 Å². The number of aromatic hydroxyl groups is 1. The molecule has 0 aliphatic heterocycles. The van der Waals surface area contributed by atoms with E-state index in [1.54, 1.807) is 35.7 Å². The fourth-order valence-corrected chi connectivity index (χ4v) is 5.20. The Hall–Kier alpha value is -3.95. The second-order valence-electron chi connectivity index (χ2n) is 7.21. The Labute approximate surface area is 200 Å². The van der Waals surface area contributed by atoms with Crippen LogP contribution in [0.4, 0.5) is 5.69 Å². The highest BCUT2D eigenvalue weighted by Crippen LogP contribution is 2.26. The third kappa shape index (κ3) is 5.33. The summed E-state index contributed by atoms with van der Waals surface area (Å²) in [7, 11) is -3.83. The predicted molar refractivity (Wildman–Crippen MR) is 130 cm³/mol. The molecule has 3 aromatic carbocycles. The summed E-state index contributed by atoms with van der Waals surface area (Å²) in [5.74, 6) is -1.77. The number of esters is 1. The Morgan fingerprint density at radius 1 is 0.882 bits per heavy atom. The Bertz CT molecular complexity index is 1410. The first-order chi connectivity index (χ1) is 16.3. The van der Waals surface area contributed by atoms with Crippen LogP contribution in [0.2, 0.25) is 0 Å². The number of nitrogens with one attached hydrogen (secondary N) is 1. The third-order valence-corrected chi connectivity index (χ3v) is 7.66. The molecule has 4 aromatic rings. The molecule has 1 aromatic heterocycles. The van der Waals surface area contributed by atoms with Gasteiger partial charge in [-0.25, -0.2) is 13.2 Å². The number of rotatable bonds is 8. The number of ketones is 1. The summed E-state index contributed by atoms with van der Waals surface area (Å²) in [5, 5.41) is 11.7. The summed E-state index contributed by atoms with van der Waals surface area (Å²) in [6.45, 7) is -0.534. The minimum Gasteiger partial charge on any atom is -0.507 e. The zero-order chi connectivity index (χ0) is 24.1. The van der Waals surface area contributed by atoms with Crippen molar-refractivity contribution in [3.63, 3.8) is 0 Å². The summed E-state index contributed by atoms with van der Waals surface area (Å²) in [5.41, 5.74) is 2.13. The largest absolute Gasteiger partial charge is 0.507 e. The Morgan fingerprint density at radius 2 is 1.59 bits per heavy atom. The van der Waals surface area contributed by atoms with E-state index in [0.29, 0.717) is 5.56 Å². The molecular weight excluding hydrogens is 474 g/mol. The smallest absolute Gasteiger partial charge is 0.342 e. The van der Waals surface area contributed by atoms with E-state index >= 15 is 0 Å². The van der Waals surface area contributed by atoms with Crippen LogP contribution in [0, 0.1) is 0 Å².